The van der Waals surface area contributed by atoms with E-state index in [9.17, 15) is 14.7 Å². The molecule has 2 heterocycles. The topological polar surface area (TPSA) is 92.2 Å². The van der Waals surface area contributed by atoms with Crippen LogP contribution in [0.25, 0.3) is 22.0 Å². The fourth-order valence-corrected chi connectivity index (χ4v) is 3.83. The lowest BCUT2D eigenvalue weighted by molar-refractivity contribution is 0.0699. The average molecular weight is 410 g/mol. The van der Waals surface area contributed by atoms with Crippen LogP contribution < -0.4 is 5.32 Å². The molecular weight excluding hydrogens is 398 g/mol. The molecule has 28 heavy (non-hydrogen) atoms. The van der Waals surface area contributed by atoms with Crippen molar-refractivity contribution in [3.05, 3.63) is 76.5 Å². The Morgan fingerprint density at radius 1 is 1.07 bits per heavy atom. The molecule has 2 aromatic carbocycles. The number of nitrogens with one attached hydrogen (secondary N) is 1. The van der Waals surface area contributed by atoms with Crippen molar-refractivity contribution in [3.8, 4) is 11.1 Å². The molecule has 0 bridgehead atoms. The number of carbonyl (C=O) groups excluding carboxylic acids is 1. The Balaban J connectivity index is 1.68. The molecule has 0 saturated carbocycles. The summed E-state index contributed by atoms with van der Waals surface area (Å²) in [7, 11) is 0. The van der Waals surface area contributed by atoms with Crippen molar-refractivity contribution in [3.63, 3.8) is 0 Å². The second kappa shape index (κ2) is 7.38. The van der Waals surface area contributed by atoms with Gasteiger partial charge in [0.25, 0.3) is 5.91 Å². The number of carbonyl (C=O) groups is 2. The molecule has 0 aliphatic carbocycles. The smallest absolute Gasteiger partial charge is 0.339 e. The maximum Gasteiger partial charge on any atom is 0.339 e. The van der Waals surface area contributed by atoms with Gasteiger partial charge in [-0.15, -0.1) is 11.3 Å². The number of halogens is 1. The quantitative estimate of drug-likeness (QED) is 0.496. The van der Waals surface area contributed by atoms with E-state index in [1.807, 2.05) is 18.2 Å². The molecule has 138 valence electrons. The van der Waals surface area contributed by atoms with Crippen LogP contribution in [-0.4, -0.2) is 27.0 Å². The lowest BCUT2D eigenvalue weighted by atomic mass is 10.0. The minimum absolute atomic E-state index is 0.0152. The highest BCUT2D eigenvalue weighted by molar-refractivity contribution is 7.15. The summed E-state index contributed by atoms with van der Waals surface area (Å²) in [5.41, 5.74) is 1.85. The van der Waals surface area contributed by atoms with E-state index >= 15 is 0 Å². The van der Waals surface area contributed by atoms with Crippen molar-refractivity contribution in [1.29, 1.82) is 0 Å². The lowest BCUT2D eigenvalue weighted by Gasteiger charge is -2.06. The van der Waals surface area contributed by atoms with E-state index in [-0.39, 0.29) is 16.4 Å². The maximum atomic E-state index is 12.6. The van der Waals surface area contributed by atoms with Crippen LogP contribution in [0.3, 0.4) is 0 Å². The Kier molecular flexibility index (Phi) is 4.77. The number of amides is 1. The van der Waals surface area contributed by atoms with Crippen molar-refractivity contribution in [2.24, 2.45) is 0 Å². The van der Waals surface area contributed by atoms with Gasteiger partial charge in [-0.2, -0.15) is 0 Å². The lowest BCUT2D eigenvalue weighted by Crippen LogP contribution is -2.16. The summed E-state index contributed by atoms with van der Waals surface area (Å²) in [4.78, 5) is 32.7. The number of hydrogen-bond acceptors (Lipinski definition) is 5. The first-order valence-electron chi connectivity index (χ1n) is 8.17. The van der Waals surface area contributed by atoms with Gasteiger partial charge in [-0.25, -0.2) is 14.8 Å². The molecular formula is C20H12ClN3O3S. The molecule has 0 aliphatic rings. The van der Waals surface area contributed by atoms with E-state index < -0.39 is 11.9 Å². The highest BCUT2D eigenvalue weighted by Crippen LogP contribution is 2.36. The first kappa shape index (κ1) is 18.1. The van der Waals surface area contributed by atoms with Crippen LogP contribution >= 0.6 is 22.9 Å². The number of hydrogen-bond donors (Lipinski definition) is 2. The normalized spacial score (nSPS) is 10.8. The molecule has 1 amide bonds. The summed E-state index contributed by atoms with van der Waals surface area (Å²) < 4.78 is 0. The van der Waals surface area contributed by atoms with Crippen molar-refractivity contribution in [2.75, 3.05) is 5.32 Å². The highest BCUT2D eigenvalue weighted by atomic mass is 35.5. The Labute approximate surface area is 168 Å². The summed E-state index contributed by atoms with van der Waals surface area (Å²) in [6.07, 6.45) is 1.56. The van der Waals surface area contributed by atoms with Crippen molar-refractivity contribution >= 4 is 50.7 Å². The highest BCUT2D eigenvalue weighted by Gasteiger charge is 2.22. The zero-order valence-electron chi connectivity index (χ0n) is 14.2. The number of benzene rings is 2. The minimum atomic E-state index is -1.14. The van der Waals surface area contributed by atoms with E-state index in [1.54, 1.807) is 41.9 Å². The van der Waals surface area contributed by atoms with Crippen LogP contribution in [0.15, 0.2) is 60.1 Å². The van der Waals surface area contributed by atoms with Crippen molar-refractivity contribution in [1.82, 2.24) is 9.97 Å². The van der Waals surface area contributed by atoms with Gasteiger partial charge in [0.15, 0.2) is 0 Å². The Hall–Kier alpha value is -3.29. The molecule has 0 spiro atoms. The third kappa shape index (κ3) is 3.45. The van der Waals surface area contributed by atoms with Gasteiger partial charge in [0.1, 0.15) is 10.6 Å². The third-order valence-corrected chi connectivity index (χ3v) is 5.23. The third-order valence-electron chi connectivity index (χ3n) is 4.08. The van der Waals surface area contributed by atoms with Crippen LogP contribution in [0.2, 0.25) is 5.02 Å². The first-order valence-corrected chi connectivity index (χ1v) is 9.42. The molecule has 0 unspecified atom stereocenters. The SMILES string of the molecule is O=C(Nc1scc(-c2ccc(Cl)cc2)c1C(=O)O)c1ncc2ccccc2n1. The summed E-state index contributed by atoms with van der Waals surface area (Å²) in [6, 6.07) is 14.1. The minimum Gasteiger partial charge on any atom is -0.478 e. The van der Waals surface area contributed by atoms with Gasteiger partial charge in [0, 0.05) is 27.5 Å². The number of carboxylic acid groups (broad SMARTS) is 1. The van der Waals surface area contributed by atoms with Crippen LogP contribution in [0, 0.1) is 0 Å². The largest absolute Gasteiger partial charge is 0.478 e. The van der Waals surface area contributed by atoms with E-state index in [4.69, 9.17) is 11.6 Å². The summed E-state index contributed by atoms with van der Waals surface area (Å²) in [5.74, 6) is -1.74. The molecule has 2 N–H and O–H groups in total. The molecule has 4 rings (SSSR count). The molecule has 4 aromatic rings. The number of aromatic carboxylic acids is 1. The van der Waals surface area contributed by atoms with E-state index in [2.05, 4.69) is 15.3 Å². The molecule has 0 aliphatic heterocycles. The fourth-order valence-electron chi connectivity index (χ4n) is 2.74. The van der Waals surface area contributed by atoms with Gasteiger partial charge in [-0.3, -0.25) is 4.79 Å². The monoisotopic (exact) mass is 409 g/mol. The van der Waals surface area contributed by atoms with Crippen molar-refractivity contribution in [2.45, 2.75) is 0 Å². The molecule has 0 atom stereocenters. The Morgan fingerprint density at radius 3 is 2.57 bits per heavy atom. The summed E-state index contributed by atoms with van der Waals surface area (Å²) in [6.45, 7) is 0. The molecule has 6 nitrogen and oxygen atoms in total. The van der Waals surface area contributed by atoms with Crippen molar-refractivity contribution < 1.29 is 14.7 Å². The predicted octanol–water partition coefficient (Wildman–Crippen LogP) is 4.96. The zero-order chi connectivity index (χ0) is 19.7. The number of carboxylic acids is 1. The van der Waals surface area contributed by atoms with Gasteiger partial charge in [0.05, 0.1) is 5.52 Å². The molecule has 0 radical (unpaired) electrons. The van der Waals surface area contributed by atoms with Crippen LogP contribution in [0.4, 0.5) is 5.00 Å². The summed E-state index contributed by atoms with van der Waals surface area (Å²) >= 11 is 7.03. The van der Waals surface area contributed by atoms with E-state index in [0.29, 0.717) is 21.7 Å². The number of fused-ring (bicyclic) bond motifs is 1. The standard InChI is InChI=1S/C20H12ClN3O3S/c21-13-7-5-11(6-8-13)14-10-28-19(16(14)20(26)27)24-18(25)17-22-9-12-3-1-2-4-15(12)23-17/h1-10H,(H,24,25)(H,26,27). The predicted molar refractivity (Wildman–Crippen MR) is 109 cm³/mol. The van der Waals surface area contributed by atoms with E-state index in [1.165, 1.54) is 0 Å². The van der Waals surface area contributed by atoms with Crippen LogP contribution in [0.5, 0.6) is 0 Å². The first-order chi connectivity index (χ1) is 13.5. The number of thiophene rings is 1. The van der Waals surface area contributed by atoms with Crippen LogP contribution in [-0.2, 0) is 0 Å². The fraction of sp³-hybridized carbons (Fsp3) is 0. The molecule has 8 heteroatoms. The Bertz CT molecular complexity index is 1210. The molecule has 0 saturated heterocycles. The number of aromatic nitrogens is 2. The zero-order valence-corrected chi connectivity index (χ0v) is 15.8. The second-order valence-electron chi connectivity index (χ2n) is 5.87. The maximum absolute atomic E-state index is 12.6. The second-order valence-corrected chi connectivity index (χ2v) is 7.19. The average Bonchev–Trinajstić information content (AvgIpc) is 3.12. The summed E-state index contributed by atoms with van der Waals surface area (Å²) in [5, 5.41) is 15.6. The van der Waals surface area contributed by atoms with Gasteiger partial charge in [-0.05, 0) is 23.8 Å². The Morgan fingerprint density at radius 2 is 1.82 bits per heavy atom. The van der Waals surface area contributed by atoms with Gasteiger partial charge >= 0.3 is 5.97 Å². The molecule has 0 fully saturated rings. The molecule has 2 aromatic heterocycles. The number of nitrogens with zero attached hydrogens (tertiary/aromatic N) is 2. The van der Waals surface area contributed by atoms with Gasteiger partial charge in [0.2, 0.25) is 5.82 Å². The van der Waals surface area contributed by atoms with Gasteiger partial charge in [-0.1, -0.05) is 41.9 Å². The number of rotatable bonds is 4. The number of para-hydroxylation sites is 1. The van der Waals surface area contributed by atoms with Crippen LogP contribution in [0.1, 0.15) is 21.0 Å². The van der Waals surface area contributed by atoms with E-state index in [0.717, 1.165) is 16.7 Å². The van der Waals surface area contributed by atoms with Gasteiger partial charge < -0.3 is 10.4 Å². The number of anilines is 1.